The van der Waals surface area contributed by atoms with Crippen molar-refractivity contribution in [3.8, 4) is 5.75 Å². The van der Waals surface area contributed by atoms with Crippen LogP contribution >= 0.6 is 0 Å². The van der Waals surface area contributed by atoms with Gasteiger partial charge in [0.25, 0.3) is 0 Å². The van der Waals surface area contributed by atoms with E-state index in [2.05, 4.69) is 10.1 Å². The van der Waals surface area contributed by atoms with Gasteiger partial charge < -0.3 is 14.9 Å². The van der Waals surface area contributed by atoms with Crippen LogP contribution in [0, 0.1) is 18.6 Å². The number of hydrogen-bond donors (Lipinski definition) is 2. The Morgan fingerprint density at radius 3 is 2.47 bits per heavy atom. The number of imidazole rings is 1. The van der Waals surface area contributed by atoms with E-state index in [1.54, 1.807) is 38.5 Å². The molecule has 34 heavy (non-hydrogen) atoms. The van der Waals surface area contributed by atoms with Gasteiger partial charge in [0.2, 0.25) is 0 Å². The summed E-state index contributed by atoms with van der Waals surface area (Å²) in [5, 5.41) is 24.2. The molecule has 0 saturated carbocycles. The second-order valence-corrected chi connectivity index (χ2v) is 8.20. The molecule has 0 atom stereocenters. The second kappa shape index (κ2) is 9.32. The summed E-state index contributed by atoms with van der Waals surface area (Å²) in [4.78, 5) is 17.8. The number of Topliss-reactive ketones (excluding diaryl/α,β-unsaturated/α-hetero) is 1. The van der Waals surface area contributed by atoms with Crippen LogP contribution in [-0.2, 0) is 19.1 Å². The smallest absolute Gasteiger partial charge is 0.182 e. The molecule has 0 aliphatic rings. The molecular formula is C24H24F2N4O4. The van der Waals surface area contributed by atoms with E-state index in [1.807, 2.05) is 0 Å². The van der Waals surface area contributed by atoms with Crippen LogP contribution in [0.15, 0.2) is 48.9 Å². The zero-order chi connectivity index (χ0) is 24.5. The number of nitrogens with zero attached hydrogens (tertiary/aromatic N) is 4. The number of rotatable bonds is 9. The summed E-state index contributed by atoms with van der Waals surface area (Å²) >= 11 is 0. The summed E-state index contributed by atoms with van der Waals surface area (Å²) in [7, 11) is 1.70. The summed E-state index contributed by atoms with van der Waals surface area (Å²) in [5.74, 6) is -1.55. The minimum atomic E-state index is -1.22. The highest BCUT2D eigenvalue weighted by atomic mass is 19.1. The van der Waals surface area contributed by atoms with E-state index in [9.17, 15) is 23.8 Å². The zero-order valence-electron chi connectivity index (χ0n) is 18.7. The molecule has 8 nitrogen and oxygen atoms in total. The minimum absolute atomic E-state index is 0.189. The van der Waals surface area contributed by atoms with E-state index in [1.165, 1.54) is 21.3 Å². The van der Waals surface area contributed by atoms with Gasteiger partial charge in [-0.05, 0) is 31.2 Å². The molecule has 1 aromatic carbocycles. The number of aryl methyl sites for hydroxylation is 2. The van der Waals surface area contributed by atoms with Crippen molar-refractivity contribution in [3.63, 3.8) is 0 Å². The number of aliphatic hydroxyl groups excluding tert-OH is 2. The Morgan fingerprint density at radius 2 is 1.85 bits per heavy atom. The fourth-order valence-electron chi connectivity index (χ4n) is 3.96. The SMILES string of the molecule is Cc1nc2c(OCc3c(F)cccc3F)cccn2c1C(=O)CC(CO)(CO)c1cnn(C)c1. The molecule has 178 valence electrons. The summed E-state index contributed by atoms with van der Waals surface area (Å²) in [6.07, 6.45) is 4.60. The molecule has 4 rings (SSSR count). The Kier molecular flexibility index (Phi) is 6.45. The van der Waals surface area contributed by atoms with Crippen molar-refractivity contribution < 1.29 is 28.5 Å². The van der Waals surface area contributed by atoms with Gasteiger partial charge in [0.15, 0.2) is 17.2 Å². The molecule has 3 heterocycles. The van der Waals surface area contributed by atoms with Crippen LogP contribution < -0.4 is 4.74 Å². The molecule has 10 heteroatoms. The molecular weight excluding hydrogens is 446 g/mol. The van der Waals surface area contributed by atoms with Crippen LogP contribution in [0.1, 0.15) is 33.7 Å². The Bertz CT molecular complexity index is 1320. The maximum absolute atomic E-state index is 14.0. The van der Waals surface area contributed by atoms with Crippen molar-refractivity contribution in [2.75, 3.05) is 13.2 Å². The number of carbonyl (C=O) groups is 1. The van der Waals surface area contributed by atoms with Crippen LogP contribution in [0.3, 0.4) is 0 Å². The van der Waals surface area contributed by atoms with Crippen molar-refractivity contribution in [1.29, 1.82) is 0 Å². The molecule has 3 aromatic heterocycles. The lowest BCUT2D eigenvalue weighted by molar-refractivity contribution is 0.0782. The third kappa shape index (κ3) is 4.17. The van der Waals surface area contributed by atoms with Gasteiger partial charge in [0.1, 0.15) is 23.9 Å². The molecule has 0 fully saturated rings. The predicted octanol–water partition coefficient (Wildman–Crippen LogP) is 2.73. The first-order valence-corrected chi connectivity index (χ1v) is 10.6. The number of carbonyl (C=O) groups excluding carboxylic acids is 1. The van der Waals surface area contributed by atoms with Crippen LogP contribution in [-0.4, -0.2) is 48.4 Å². The number of ether oxygens (including phenoxy) is 1. The minimum Gasteiger partial charge on any atom is -0.485 e. The van der Waals surface area contributed by atoms with Gasteiger partial charge >= 0.3 is 0 Å². The highest BCUT2D eigenvalue weighted by Gasteiger charge is 2.36. The topological polar surface area (TPSA) is 102 Å². The first-order chi connectivity index (χ1) is 16.3. The zero-order valence-corrected chi connectivity index (χ0v) is 18.7. The number of fused-ring (bicyclic) bond motifs is 1. The largest absolute Gasteiger partial charge is 0.485 e. The highest BCUT2D eigenvalue weighted by molar-refractivity contribution is 5.97. The van der Waals surface area contributed by atoms with Crippen molar-refractivity contribution in [1.82, 2.24) is 19.2 Å². The number of aliphatic hydroxyl groups is 2. The van der Waals surface area contributed by atoms with Crippen molar-refractivity contribution in [3.05, 3.63) is 83.1 Å². The normalized spacial score (nSPS) is 11.8. The lowest BCUT2D eigenvalue weighted by Crippen LogP contribution is -2.37. The lowest BCUT2D eigenvalue weighted by Gasteiger charge is -2.28. The predicted molar refractivity (Wildman–Crippen MR) is 119 cm³/mol. The maximum Gasteiger partial charge on any atom is 0.182 e. The fraction of sp³-hybridized carbons (Fsp3) is 0.292. The molecule has 0 spiro atoms. The van der Waals surface area contributed by atoms with E-state index in [0.717, 1.165) is 12.1 Å². The molecule has 2 N–H and O–H groups in total. The average molecular weight is 470 g/mol. The van der Waals surface area contributed by atoms with Crippen molar-refractivity contribution in [2.45, 2.75) is 25.4 Å². The summed E-state index contributed by atoms with van der Waals surface area (Å²) in [6, 6.07) is 6.79. The van der Waals surface area contributed by atoms with Crippen molar-refractivity contribution >= 4 is 11.4 Å². The number of halogens is 2. The number of benzene rings is 1. The number of aromatic nitrogens is 4. The van der Waals surface area contributed by atoms with E-state index in [0.29, 0.717) is 16.9 Å². The molecule has 0 amide bonds. The third-order valence-electron chi connectivity index (χ3n) is 5.91. The molecule has 0 aliphatic heterocycles. The Balaban J connectivity index is 1.66. The van der Waals surface area contributed by atoms with Crippen molar-refractivity contribution in [2.24, 2.45) is 7.05 Å². The number of ketones is 1. The van der Waals surface area contributed by atoms with E-state index >= 15 is 0 Å². The monoisotopic (exact) mass is 470 g/mol. The Morgan fingerprint density at radius 1 is 1.15 bits per heavy atom. The lowest BCUT2D eigenvalue weighted by atomic mass is 9.78. The molecule has 4 aromatic rings. The van der Waals surface area contributed by atoms with Gasteiger partial charge in [-0.1, -0.05) is 6.07 Å². The van der Waals surface area contributed by atoms with Crippen LogP contribution in [0.4, 0.5) is 8.78 Å². The van der Waals surface area contributed by atoms with Gasteiger partial charge in [-0.2, -0.15) is 5.10 Å². The summed E-state index contributed by atoms with van der Waals surface area (Å²) < 4.78 is 36.7. The molecule has 0 unspecified atom stereocenters. The van der Waals surface area contributed by atoms with E-state index < -0.39 is 30.3 Å². The summed E-state index contributed by atoms with van der Waals surface area (Å²) in [5.41, 5.74) is 0.0760. The maximum atomic E-state index is 14.0. The summed E-state index contributed by atoms with van der Waals surface area (Å²) in [6.45, 7) is 0.384. The van der Waals surface area contributed by atoms with Crippen LogP contribution in [0.2, 0.25) is 0 Å². The number of pyridine rings is 1. The van der Waals surface area contributed by atoms with Gasteiger partial charge in [0.05, 0.1) is 36.1 Å². The second-order valence-electron chi connectivity index (χ2n) is 8.20. The van der Waals surface area contributed by atoms with E-state index in [-0.39, 0.29) is 35.8 Å². The molecule has 0 aliphatic carbocycles. The van der Waals surface area contributed by atoms with Gasteiger partial charge in [-0.15, -0.1) is 0 Å². The van der Waals surface area contributed by atoms with Gasteiger partial charge in [-0.25, -0.2) is 13.8 Å². The van der Waals surface area contributed by atoms with Crippen LogP contribution in [0.5, 0.6) is 5.75 Å². The Labute approximate surface area is 194 Å². The van der Waals surface area contributed by atoms with Gasteiger partial charge in [-0.3, -0.25) is 13.9 Å². The first-order valence-electron chi connectivity index (χ1n) is 10.6. The fourth-order valence-corrected chi connectivity index (χ4v) is 3.96. The third-order valence-corrected chi connectivity index (χ3v) is 5.91. The molecule has 0 radical (unpaired) electrons. The quantitative estimate of drug-likeness (QED) is 0.365. The Hall–Kier alpha value is -3.63. The molecule has 0 saturated heterocycles. The standard InChI is InChI=1S/C24H24F2N4O4/c1-15-22(20(33)9-24(13-31,14-32)16-10-27-29(2)11-16)30-8-4-7-21(23(30)28-15)34-12-17-18(25)5-3-6-19(17)26/h3-8,10-11,31-32H,9,12-14H2,1-2H3. The molecule has 0 bridgehead atoms. The average Bonchev–Trinajstić information content (AvgIpc) is 3.40. The van der Waals surface area contributed by atoms with Gasteiger partial charge in [0, 0.05) is 31.4 Å². The number of hydrogen-bond acceptors (Lipinski definition) is 6. The van der Waals surface area contributed by atoms with Crippen LogP contribution in [0.25, 0.3) is 5.65 Å². The highest BCUT2D eigenvalue weighted by Crippen LogP contribution is 2.31. The van der Waals surface area contributed by atoms with E-state index in [4.69, 9.17) is 4.74 Å². The first kappa shape index (κ1) is 23.5.